The van der Waals surface area contributed by atoms with Crippen molar-refractivity contribution in [2.24, 2.45) is 0 Å². The van der Waals surface area contributed by atoms with Crippen LogP contribution in [-0.4, -0.2) is 29.7 Å². The second kappa shape index (κ2) is 5.31. The fourth-order valence-electron chi connectivity index (χ4n) is 2.71. The summed E-state index contributed by atoms with van der Waals surface area (Å²) in [4.78, 5) is 12.9. The molecule has 4 heterocycles. The monoisotopic (exact) mass is 304 g/mol. The Balaban J connectivity index is 1.87. The smallest absolute Gasteiger partial charge is 0.183 e. The summed E-state index contributed by atoms with van der Waals surface area (Å²) in [7, 11) is 0. The van der Waals surface area contributed by atoms with Crippen LogP contribution in [0, 0.1) is 0 Å². The van der Waals surface area contributed by atoms with Gasteiger partial charge >= 0.3 is 0 Å². The lowest BCUT2D eigenvalue weighted by Gasteiger charge is -2.07. The zero-order valence-electron chi connectivity index (χ0n) is 12.9. The standard InChI is InChI=1S/C17H16N6/c1-11(2)16-15-14(5-8-19-17(15)22-21-16)23-9-13(20-10-23)12-3-6-18-7-4-12/h3-11H,1-2H3,(H,19,21,22). The van der Waals surface area contributed by atoms with Gasteiger partial charge in [-0.2, -0.15) is 5.10 Å². The lowest BCUT2D eigenvalue weighted by Crippen LogP contribution is -1.95. The summed E-state index contributed by atoms with van der Waals surface area (Å²) >= 11 is 0. The summed E-state index contributed by atoms with van der Waals surface area (Å²) in [5.74, 6) is 0.339. The Morgan fingerprint density at radius 2 is 1.87 bits per heavy atom. The molecule has 0 bridgehead atoms. The highest BCUT2D eigenvalue weighted by Gasteiger charge is 2.15. The maximum atomic E-state index is 4.51. The highest BCUT2D eigenvalue weighted by atomic mass is 15.2. The lowest BCUT2D eigenvalue weighted by atomic mass is 10.1. The molecule has 0 aliphatic rings. The molecule has 0 atom stereocenters. The van der Waals surface area contributed by atoms with Gasteiger partial charge in [-0.1, -0.05) is 13.8 Å². The minimum Gasteiger partial charge on any atom is -0.305 e. The van der Waals surface area contributed by atoms with Gasteiger partial charge in [-0.05, 0) is 24.1 Å². The predicted molar refractivity (Wildman–Crippen MR) is 88.3 cm³/mol. The van der Waals surface area contributed by atoms with E-state index in [-0.39, 0.29) is 0 Å². The van der Waals surface area contributed by atoms with E-state index in [0.717, 1.165) is 33.7 Å². The Morgan fingerprint density at radius 3 is 2.65 bits per heavy atom. The highest BCUT2D eigenvalue weighted by Crippen LogP contribution is 2.28. The second-order valence-electron chi connectivity index (χ2n) is 5.72. The number of hydrogen-bond donors (Lipinski definition) is 1. The molecule has 0 radical (unpaired) electrons. The largest absolute Gasteiger partial charge is 0.305 e. The van der Waals surface area contributed by atoms with Crippen molar-refractivity contribution in [2.75, 3.05) is 0 Å². The van der Waals surface area contributed by atoms with Crippen molar-refractivity contribution >= 4 is 11.0 Å². The van der Waals surface area contributed by atoms with Crippen LogP contribution in [-0.2, 0) is 0 Å². The summed E-state index contributed by atoms with van der Waals surface area (Å²) in [6.07, 6.45) is 9.15. The van der Waals surface area contributed by atoms with E-state index >= 15 is 0 Å². The average Bonchev–Trinajstić information content (AvgIpc) is 3.22. The molecule has 0 aliphatic carbocycles. The van der Waals surface area contributed by atoms with E-state index in [2.05, 4.69) is 39.0 Å². The molecule has 6 nitrogen and oxygen atoms in total. The van der Waals surface area contributed by atoms with Crippen molar-refractivity contribution in [3.8, 4) is 16.9 Å². The van der Waals surface area contributed by atoms with E-state index in [1.807, 2.05) is 35.3 Å². The van der Waals surface area contributed by atoms with Gasteiger partial charge in [0.15, 0.2) is 5.65 Å². The molecule has 0 unspecified atom stereocenters. The summed E-state index contributed by atoms with van der Waals surface area (Å²) in [6, 6.07) is 5.89. The van der Waals surface area contributed by atoms with Gasteiger partial charge in [0.2, 0.25) is 0 Å². The number of nitrogens with zero attached hydrogens (tertiary/aromatic N) is 5. The van der Waals surface area contributed by atoms with Gasteiger partial charge in [-0.15, -0.1) is 0 Å². The molecule has 0 spiro atoms. The maximum Gasteiger partial charge on any atom is 0.183 e. The van der Waals surface area contributed by atoms with Crippen molar-refractivity contribution in [1.82, 2.24) is 29.7 Å². The normalized spacial score (nSPS) is 11.4. The molecule has 0 saturated carbocycles. The number of hydrogen-bond acceptors (Lipinski definition) is 4. The van der Waals surface area contributed by atoms with Crippen molar-refractivity contribution in [1.29, 1.82) is 0 Å². The number of H-pyrrole nitrogens is 1. The summed E-state index contributed by atoms with van der Waals surface area (Å²) in [6.45, 7) is 4.28. The van der Waals surface area contributed by atoms with E-state index in [9.17, 15) is 0 Å². The van der Waals surface area contributed by atoms with E-state index in [1.54, 1.807) is 18.6 Å². The molecule has 4 aromatic rings. The van der Waals surface area contributed by atoms with Crippen molar-refractivity contribution < 1.29 is 0 Å². The zero-order valence-corrected chi connectivity index (χ0v) is 12.9. The van der Waals surface area contributed by atoms with Crippen LogP contribution in [0.4, 0.5) is 0 Å². The summed E-state index contributed by atoms with van der Waals surface area (Å²) < 4.78 is 2.02. The highest BCUT2D eigenvalue weighted by molar-refractivity contribution is 5.87. The first-order valence-corrected chi connectivity index (χ1v) is 7.52. The molecule has 0 aromatic carbocycles. The topological polar surface area (TPSA) is 72.3 Å². The van der Waals surface area contributed by atoms with Crippen LogP contribution in [0.25, 0.3) is 28.0 Å². The average molecular weight is 304 g/mol. The van der Waals surface area contributed by atoms with Crippen LogP contribution in [0.15, 0.2) is 49.3 Å². The molecule has 0 aliphatic heterocycles. The Kier molecular flexibility index (Phi) is 3.15. The molecule has 1 N–H and O–H groups in total. The van der Waals surface area contributed by atoms with Gasteiger partial charge < -0.3 is 4.57 Å². The Hall–Kier alpha value is -3.02. The molecule has 114 valence electrons. The number of aromatic amines is 1. The fraction of sp³-hybridized carbons (Fsp3) is 0.176. The van der Waals surface area contributed by atoms with Crippen molar-refractivity contribution in [2.45, 2.75) is 19.8 Å². The molecule has 0 fully saturated rings. The van der Waals surface area contributed by atoms with Crippen LogP contribution in [0.2, 0.25) is 0 Å². The molecule has 4 rings (SSSR count). The van der Waals surface area contributed by atoms with Crippen LogP contribution in [0.5, 0.6) is 0 Å². The minimum absolute atomic E-state index is 0.339. The number of rotatable bonds is 3. The zero-order chi connectivity index (χ0) is 15.8. The first kappa shape index (κ1) is 13.6. The van der Waals surface area contributed by atoms with Crippen LogP contribution < -0.4 is 0 Å². The van der Waals surface area contributed by atoms with Crippen LogP contribution in [0.1, 0.15) is 25.5 Å². The number of fused-ring (bicyclic) bond motifs is 1. The third-order valence-corrected chi connectivity index (χ3v) is 3.87. The van der Waals surface area contributed by atoms with E-state index in [1.165, 1.54) is 0 Å². The number of imidazole rings is 1. The second-order valence-corrected chi connectivity index (χ2v) is 5.72. The number of nitrogens with one attached hydrogen (secondary N) is 1. The first-order chi connectivity index (χ1) is 11.2. The minimum atomic E-state index is 0.339. The summed E-state index contributed by atoms with van der Waals surface area (Å²) in [5.41, 5.74) is 4.79. The molecule has 4 aromatic heterocycles. The molecule has 0 saturated heterocycles. The van der Waals surface area contributed by atoms with Gasteiger partial charge in [-0.25, -0.2) is 9.97 Å². The lowest BCUT2D eigenvalue weighted by molar-refractivity contribution is 0.816. The van der Waals surface area contributed by atoms with Crippen LogP contribution >= 0.6 is 0 Å². The molecule has 6 heteroatoms. The number of aromatic nitrogens is 6. The molecule has 0 amide bonds. The summed E-state index contributed by atoms with van der Waals surface area (Å²) in [5, 5.41) is 8.46. The van der Waals surface area contributed by atoms with Gasteiger partial charge in [0.05, 0.1) is 23.1 Å². The van der Waals surface area contributed by atoms with E-state index in [4.69, 9.17) is 0 Å². The van der Waals surface area contributed by atoms with Gasteiger partial charge in [-0.3, -0.25) is 10.1 Å². The maximum absolute atomic E-state index is 4.51. The molecular formula is C17H16N6. The van der Waals surface area contributed by atoms with E-state index < -0.39 is 0 Å². The Morgan fingerprint density at radius 1 is 1.04 bits per heavy atom. The van der Waals surface area contributed by atoms with E-state index in [0.29, 0.717) is 5.92 Å². The molecule has 23 heavy (non-hydrogen) atoms. The SMILES string of the molecule is CC(C)c1[nH]nc2nccc(-n3cnc(-c4ccncc4)c3)c12. The van der Waals surface area contributed by atoms with Crippen molar-refractivity contribution in [3.05, 3.63) is 55.0 Å². The third kappa shape index (κ3) is 2.28. The third-order valence-electron chi connectivity index (χ3n) is 3.87. The van der Waals surface area contributed by atoms with Crippen molar-refractivity contribution in [3.63, 3.8) is 0 Å². The predicted octanol–water partition coefficient (Wildman–Crippen LogP) is 3.33. The van der Waals surface area contributed by atoms with Gasteiger partial charge in [0, 0.05) is 36.0 Å². The van der Waals surface area contributed by atoms with Crippen LogP contribution in [0.3, 0.4) is 0 Å². The first-order valence-electron chi connectivity index (χ1n) is 7.52. The Labute approximate surface area is 133 Å². The number of pyridine rings is 2. The Bertz CT molecular complexity index is 952. The van der Waals surface area contributed by atoms with Gasteiger partial charge in [0.25, 0.3) is 0 Å². The fourth-order valence-corrected chi connectivity index (χ4v) is 2.71. The van der Waals surface area contributed by atoms with Gasteiger partial charge in [0.1, 0.15) is 0 Å². The quantitative estimate of drug-likeness (QED) is 0.630. The molecular weight excluding hydrogens is 288 g/mol.